The highest BCUT2D eigenvalue weighted by Gasteiger charge is 2.19. The van der Waals surface area contributed by atoms with Gasteiger partial charge in [0.15, 0.2) is 0 Å². The molecule has 324 valence electrons. The Hall–Kier alpha value is -7.50. The van der Waals surface area contributed by atoms with Crippen molar-refractivity contribution in [1.29, 1.82) is 0 Å². The maximum Gasteiger partial charge on any atom is 0.345 e. The van der Waals surface area contributed by atoms with E-state index < -0.39 is 5.63 Å². The van der Waals surface area contributed by atoms with Crippen LogP contribution in [0.3, 0.4) is 0 Å². The highest BCUT2D eigenvalue weighted by atomic mass is 32.1. The summed E-state index contributed by atoms with van der Waals surface area (Å²) in [6.45, 7) is 6.38. The van der Waals surface area contributed by atoms with Crippen molar-refractivity contribution in [3.8, 4) is 60.6 Å². The molecule has 0 atom stereocenters. The minimum absolute atomic E-state index is 0.265. The third-order valence-corrected chi connectivity index (χ3v) is 13.2. The second kappa shape index (κ2) is 17.6. The van der Waals surface area contributed by atoms with E-state index >= 15 is 0 Å². The molecule has 0 saturated carbocycles. The molecule has 0 amide bonds. The van der Waals surface area contributed by atoms with Gasteiger partial charge in [0.2, 0.25) is 0 Å². The Morgan fingerprint density at radius 1 is 0.631 bits per heavy atom. The maximum atomic E-state index is 13.6. The second-order valence-corrected chi connectivity index (χ2v) is 17.2. The number of hydrogen-bond acceptors (Lipinski definition) is 10. The molecule has 65 heavy (non-hydrogen) atoms. The van der Waals surface area contributed by atoms with E-state index in [1.807, 2.05) is 42.5 Å². The fraction of sp³-hybridized carbons (Fsp3) is 0.185. The van der Waals surface area contributed by atoms with Gasteiger partial charge in [-0.05, 0) is 79.1 Å². The third kappa shape index (κ3) is 7.82. The third-order valence-electron chi connectivity index (χ3n) is 12.0. The van der Waals surface area contributed by atoms with Gasteiger partial charge in [0.1, 0.15) is 22.7 Å². The van der Waals surface area contributed by atoms with E-state index in [0.29, 0.717) is 45.0 Å². The zero-order valence-corrected chi connectivity index (χ0v) is 37.4. The zero-order valence-electron chi connectivity index (χ0n) is 36.6. The minimum atomic E-state index is -0.547. The van der Waals surface area contributed by atoms with Gasteiger partial charge in [0, 0.05) is 74.1 Å². The van der Waals surface area contributed by atoms with E-state index in [1.165, 1.54) is 0 Å². The van der Waals surface area contributed by atoms with E-state index in [4.69, 9.17) is 23.3 Å². The first-order chi connectivity index (χ1) is 31.8. The Bertz CT molecular complexity index is 3510. The standard InChI is InChI=1S/C54H46N4O6S/c1-5-7-22-57(23-8-6-2)37-17-14-34-24-43(54(60)63-48(34)27-37)52-21-20-51(65-52)35-16-19-40-39-18-15-33(25-46(39)58(47(40)26-35)36-12-10-9-11-13-36)44-31-55-32-45(56-44)41-30-42-49(62-4)28-38(61-3)29-50(42)64-53(41)59/h9-21,24-32H,5-8,22-23H2,1-4H3. The molecule has 0 aliphatic rings. The highest BCUT2D eigenvalue weighted by molar-refractivity contribution is 7.18. The molecule has 5 heterocycles. The number of hydrogen-bond donors (Lipinski definition) is 0. The molecule has 0 aliphatic heterocycles. The van der Waals surface area contributed by atoms with Gasteiger partial charge < -0.3 is 27.8 Å². The van der Waals surface area contributed by atoms with Gasteiger partial charge in [0.05, 0.1) is 65.5 Å². The summed E-state index contributed by atoms with van der Waals surface area (Å²) in [6, 6.07) is 40.5. The molecule has 0 N–H and O–H groups in total. The van der Waals surface area contributed by atoms with E-state index in [9.17, 15) is 9.59 Å². The number of methoxy groups -OCH3 is 2. The summed E-state index contributed by atoms with van der Waals surface area (Å²) in [5.41, 5.74) is 7.83. The number of aromatic nitrogens is 3. The number of nitrogens with zero attached hydrogens (tertiary/aromatic N) is 4. The Balaban J connectivity index is 1.01. The average molecular weight is 879 g/mol. The van der Waals surface area contributed by atoms with Crippen LogP contribution in [0.4, 0.5) is 5.69 Å². The van der Waals surface area contributed by atoms with Crippen LogP contribution in [0.25, 0.3) is 92.8 Å². The number of para-hydroxylation sites is 1. The van der Waals surface area contributed by atoms with Crippen molar-refractivity contribution in [2.45, 2.75) is 39.5 Å². The molecule has 10 aromatic rings. The molecule has 0 radical (unpaired) electrons. The van der Waals surface area contributed by atoms with Crippen LogP contribution in [0.1, 0.15) is 39.5 Å². The van der Waals surface area contributed by atoms with Crippen molar-refractivity contribution in [2.24, 2.45) is 0 Å². The van der Waals surface area contributed by atoms with Crippen molar-refractivity contribution in [3.05, 3.63) is 155 Å². The summed E-state index contributed by atoms with van der Waals surface area (Å²) in [5, 5.41) is 3.68. The number of thiophene rings is 1. The van der Waals surface area contributed by atoms with Crippen molar-refractivity contribution in [1.82, 2.24) is 14.5 Å². The Morgan fingerprint density at radius 2 is 1.32 bits per heavy atom. The maximum absolute atomic E-state index is 13.6. The number of fused-ring (bicyclic) bond motifs is 5. The van der Waals surface area contributed by atoms with Crippen LogP contribution < -0.4 is 25.6 Å². The fourth-order valence-corrected chi connectivity index (χ4v) is 9.63. The summed E-state index contributed by atoms with van der Waals surface area (Å²) in [7, 11) is 3.10. The smallest absolute Gasteiger partial charge is 0.345 e. The van der Waals surface area contributed by atoms with Gasteiger partial charge in [-0.1, -0.05) is 69.2 Å². The van der Waals surface area contributed by atoms with Crippen molar-refractivity contribution < 1.29 is 18.3 Å². The van der Waals surface area contributed by atoms with Crippen LogP contribution >= 0.6 is 11.3 Å². The molecular formula is C54H46N4O6S. The van der Waals surface area contributed by atoms with Gasteiger partial charge in [-0.15, -0.1) is 11.3 Å². The van der Waals surface area contributed by atoms with E-state index in [-0.39, 0.29) is 11.2 Å². The SMILES string of the molecule is CCCCN(CCCC)c1ccc2cc(-c3ccc(-c4ccc5c6ccc(-c7cncc(-c8cc9c(OC)cc(OC)cc9oc8=O)n7)cc6n(-c6ccccc6)c5c4)s3)c(=O)oc2c1. The van der Waals surface area contributed by atoms with Crippen LogP contribution in [0.15, 0.2) is 152 Å². The van der Waals surface area contributed by atoms with Gasteiger partial charge in [-0.25, -0.2) is 14.6 Å². The zero-order chi connectivity index (χ0) is 44.6. The molecule has 0 fully saturated rings. The van der Waals surface area contributed by atoms with Crippen molar-refractivity contribution in [3.63, 3.8) is 0 Å². The first-order valence-corrected chi connectivity index (χ1v) is 22.8. The molecular weight excluding hydrogens is 833 g/mol. The molecule has 10 rings (SSSR count). The van der Waals surface area contributed by atoms with E-state index in [1.54, 1.807) is 56.1 Å². The van der Waals surface area contributed by atoms with Crippen LogP contribution in [0.5, 0.6) is 11.5 Å². The molecule has 0 unspecified atom stereocenters. The Kier molecular flexibility index (Phi) is 11.2. The largest absolute Gasteiger partial charge is 0.496 e. The monoisotopic (exact) mass is 878 g/mol. The summed E-state index contributed by atoms with van der Waals surface area (Å²) in [4.78, 5) is 40.7. The molecule has 5 aromatic carbocycles. The molecule has 0 saturated heterocycles. The summed E-state index contributed by atoms with van der Waals surface area (Å²) in [6.07, 6.45) is 7.75. The lowest BCUT2D eigenvalue weighted by atomic mass is 10.1. The molecule has 0 spiro atoms. The van der Waals surface area contributed by atoms with Gasteiger partial charge in [-0.2, -0.15) is 0 Å². The van der Waals surface area contributed by atoms with Gasteiger partial charge in [0.25, 0.3) is 0 Å². The van der Waals surface area contributed by atoms with E-state index in [2.05, 4.69) is 89.0 Å². The quantitative estimate of drug-likeness (QED) is 0.0985. The average Bonchev–Trinajstić information content (AvgIpc) is 3.96. The Labute approximate surface area is 379 Å². The molecule has 0 aliphatic carbocycles. The molecule has 0 bridgehead atoms. The fourth-order valence-electron chi connectivity index (χ4n) is 8.62. The number of unbranched alkanes of at least 4 members (excludes halogenated alkanes) is 2. The number of benzene rings is 5. The number of ether oxygens (including phenoxy) is 2. The first kappa shape index (κ1) is 41.5. The van der Waals surface area contributed by atoms with Crippen LogP contribution in [0, 0.1) is 0 Å². The predicted molar refractivity (Wildman–Crippen MR) is 263 cm³/mol. The lowest BCUT2D eigenvalue weighted by Gasteiger charge is -2.24. The van der Waals surface area contributed by atoms with Crippen LogP contribution in [-0.2, 0) is 0 Å². The molecule has 5 aromatic heterocycles. The summed E-state index contributed by atoms with van der Waals surface area (Å²) in [5.74, 6) is 1.02. The minimum Gasteiger partial charge on any atom is -0.496 e. The predicted octanol–water partition coefficient (Wildman–Crippen LogP) is 12.9. The van der Waals surface area contributed by atoms with Gasteiger partial charge in [-0.3, -0.25) is 4.98 Å². The van der Waals surface area contributed by atoms with Gasteiger partial charge >= 0.3 is 11.3 Å². The van der Waals surface area contributed by atoms with Crippen molar-refractivity contribution in [2.75, 3.05) is 32.2 Å². The normalized spacial score (nSPS) is 11.6. The number of rotatable bonds is 14. The number of anilines is 1. The van der Waals surface area contributed by atoms with Crippen LogP contribution in [-0.4, -0.2) is 41.8 Å². The summed E-state index contributed by atoms with van der Waals surface area (Å²) < 4.78 is 25.0. The first-order valence-electron chi connectivity index (χ1n) is 21.9. The second-order valence-electron chi connectivity index (χ2n) is 16.1. The topological polar surface area (TPSA) is 113 Å². The lowest BCUT2D eigenvalue weighted by molar-refractivity contribution is 0.396. The Morgan fingerprint density at radius 3 is 2.06 bits per heavy atom. The summed E-state index contributed by atoms with van der Waals surface area (Å²) >= 11 is 1.58. The van der Waals surface area contributed by atoms with Crippen molar-refractivity contribution >= 4 is 60.8 Å². The molecule has 10 nitrogen and oxygen atoms in total. The molecule has 11 heteroatoms. The van der Waals surface area contributed by atoms with Crippen LogP contribution in [0.2, 0.25) is 0 Å². The lowest BCUT2D eigenvalue weighted by Crippen LogP contribution is -2.25. The highest BCUT2D eigenvalue weighted by Crippen LogP contribution is 2.40. The van der Waals surface area contributed by atoms with E-state index in [0.717, 1.165) is 98.2 Å².